The van der Waals surface area contributed by atoms with Crippen LogP contribution >= 0.6 is 0 Å². The van der Waals surface area contributed by atoms with E-state index in [0.717, 1.165) is 37.7 Å². The molecule has 1 aliphatic heterocycles. The molecule has 5 nitrogen and oxygen atoms in total. The highest BCUT2D eigenvalue weighted by molar-refractivity contribution is 5.75. The number of aliphatic hydroxyl groups excluding tert-OH is 1. The number of carboxylic acids is 1. The molecular weight excluding hydrogens is 332 g/mol. The van der Waals surface area contributed by atoms with Crippen LogP contribution < -0.4 is 0 Å². The second-order valence-corrected chi connectivity index (χ2v) is 9.55. The van der Waals surface area contributed by atoms with Crippen molar-refractivity contribution < 1.29 is 24.9 Å². The number of carboxylic acid groups (broad SMARTS) is 1. The topological polar surface area (TPSA) is 87.0 Å². The van der Waals surface area contributed by atoms with Crippen LogP contribution in [-0.2, 0) is 9.53 Å². The maximum Gasteiger partial charge on any atom is 0.309 e. The Morgan fingerprint density at radius 3 is 2.58 bits per heavy atom. The SMILES string of the molecule is C=C1CCC2[C@](C)(CCC[C@]2(C)C(=O)O)[C@H]1CC1OCC(CO)C1(C)O. The molecule has 7 atom stereocenters. The highest BCUT2D eigenvalue weighted by Gasteiger charge is 2.59. The van der Waals surface area contributed by atoms with Crippen LogP contribution in [0.3, 0.4) is 0 Å². The monoisotopic (exact) mass is 366 g/mol. The lowest BCUT2D eigenvalue weighted by molar-refractivity contribution is -0.165. The molecule has 2 saturated carbocycles. The van der Waals surface area contributed by atoms with E-state index >= 15 is 0 Å². The maximum absolute atomic E-state index is 12.1. The highest BCUT2D eigenvalue weighted by atomic mass is 16.5. The van der Waals surface area contributed by atoms with Crippen molar-refractivity contribution in [3.05, 3.63) is 12.2 Å². The molecule has 0 aromatic rings. The summed E-state index contributed by atoms with van der Waals surface area (Å²) in [6.07, 6.45) is 4.62. The average Bonchev–Trinajstić information content (AvgIpc) is 2.84. The summed E-state index contributed by atoms with van der Waals surface area (Å²) in [6.45, 7) is 10.5. The summed E-state index contributed by atoms with van der Waals surface area (Å²) < 4.78 is 5.88. The number of aliphatic carboxylic acids is 1. The number of hydrogen-bond donors (Lipinski definition) is 3. The Balaban J connectivity index is 1.89. The number of hydrogen-bond acceptors (Lipinski definition) is 4. The highest BCUT2D eigenvalue weighted by Crippen LogP contribution is 2.62. The lowest BCUT2D eigenvalue weighted by atomic mass is 9.46. The van der Waals surface area contributed by atoms with Crippen LogP contribution in [0.4, 0.5) is 0 Å². The van der Waals surface area contributed by atoms with Gasteiger partial charge in [0, 0.05) is 5.92 Å². The predicted octanol–water partition coefficient (Wildman–Crippen LogP) is 3.00. The van der Waals surface area contributed by atoms with Gasteiger partial charge in [0.2, 0.25) is 0 Å². The fourth-order valence-electron chi connectivity index (χ4n) is 6.23. The largest absolute Gasteiger partial charge is 0.481 e. The lowest BCUT2D eigenvalue weighted by Crippen LogP contribution is -2.54. The molecule has 1 saturated heterocycles. The van der Waals surface area contributed by atoms with Crippen molar-refractivity contribution in [1.82, 2.24) is 0 Å². The van der Waals surface area contributed by atoms with Gasteiger partial charge in [-0.2, -0.15) is 0 Å². The minimum Gasteiger partial charge on any atom is -0.481 e. The van der Waals surface area contributed by atoms with Gasteiger partial charge in [-0.15, -0.1) is 0 Å². The number of rotatable bonds is 4. The minimum atomic E-state index is -1.07. The first-order chi connectivity index (χ1) is 12.1. The molecule has 26 heavy (non-hydrogen) atoms. The molecule has 0 bridgehead atoms. The standard InChI is InChI=1S/C21H34O5/c1-13-6-7-16-19(2,8-5-9-20(16,3)18(23)24)15(13)10-17-21(4,25)14(11-22)12-26-17/h14-17,22,25H,1,5-12H2,2-4H3,(H,23,24)/t14?,15-,16?,17?,19+,20-,21?/m0/s1. The van der Waals surface area contributed by atoms with Gasteiger partial charge in [0.05, 0.1) is 30.3 Å². The molecule has 0 aromatic carbocycles. The van der Waals surface area contributed by atoms with Crippen LogP contribution in [0.2, 0.25) is 0 Å². The Bertz CT molecular complexity index is 585. The van der Waals surface area contributed by atoms with Gasteiger partial charge in [-0.05, 0) is 63.2 Å². The van der Waals surface area contributed by atoms with E-state index in [1.807, 2.05) is 6.92 Å². The van der Waals surface area contributed by atoms with Gasteiger partial charge in [0.1, 0.15) is 0 Å². The van der Waals surface area contributed by atoms with E-state index in [0.29, 0.717) is 13.0 Å². The first-order valence-electron chi connectivity index (χ1n) is 9.93. The van der Waals surface area contributed by atoms with Crippen LogP contribution in [0.5, 0.6) is 0 Å². The molecule has 0 spiro atoms. The summed E-state index contributed by atoms with van der Waals surface area (Å²) in [7, 11) is 0. The van der Waals surface area contributed by atoms with Crippen LogP contribution in [-0.4, -0.2) is 46.2 Å². The molecule has 0 amide bonds. The molecule has 1 heterocycles. The number of ether oxygens (including phenoxy) is 1. The summed E-state index contributed by atoms with van der Waals surface area (Å²) >= 11 is 0. The second kappa shape index (κ2) is 6.61. The zero-order chi connectivity index (χ0) is 19.3. The van der Waals surface area contributed by atoms with Crippen molar-refractivity contribution in [2.45, 2.75) is 71.0 Å². The van der Waals surface area contributed by atoms with Crippen LogP contribution in [0.1, 0.15) is 59.3 Å². The average molecular weight is 366 g/mol. The van der Waals surface area contributed by atoms with Gasteiger partial charge in [-0.25, -0.2) is 0 Å². The van der Waals surface area contributed by atoms with Crippen LogP contribution in [0.25, 0.3) is 0 Å². The molecule has 0 aromatic heterocycles. The van der Waals surface area contributed by atoms with E-state index in [9.17, 15) is 20.1 Å². The molecule has 3 rings (SSSR count). The van der Waals surface area contributed by atoms with Crippen molar-refractivity contribution in [3.8, 4) is 0 Å². The number of allylic oxidation sites excluding steroid dienone is 1. The van der Waals surface area contributed by atoms with Crippen molar-refractivity contribution in [2.24, 2.45) is 28.6 Å². The number of fused-ring (bicyclic) bond motifs is 1. The van der Waals surface area contributed by atoms with E-state index in [2.05, 4.69) is 13.5 Å². The van der Waals surface area contributed by atoms with Gasteiger partial charge in [0.25, 0.3) is 0 Å². The summed E-state index contributed by atoms with van der Waals surface area (Å²) in [5, 5.41) is 30.3. The van der Waals surface area contributed by atoms with Crippen molar-refractivity contribution in [1.29, 1.82) is 0 Å². The van der Waals surface area contributed by atoms with Crippen LogP contribution in [0.15, 0.2) is 12.2 Å². The summed E-state index contributed by atoms with van der Waals surface area (Å²) in [5.41, 5.74) is -0.746. The zero-order valence-corrected chi connectivity index (χ0v) is 16.3. The van der Waals surface area contributed by atoms with Gasteiger partial charge in [-0.3, -0.25) is 4.79 Å². The Hall–Kier alpha value is -0.910. The Morgan fingerprint density at radius 2 is 2.00 bits per heavy atom. The molecular formula is C21H34O5. The van der Waals surface area contributed by atoms with E-state index < -0.39 is 17.0 Å². The number of aliphatic hydroxyl groups is 2. The molecule has 4 unspecified atom stereocenters. The maximum atomic E-state index is 12.1. The Morgan fingerprint density at radius 1 is 1.31 bits per heavy atom. The van der Waals surface area contributed by atoms with E-state index in [1.54, 1.807) is 6.92 Å². The summed E-state index contributed by atoms with van der Waals surface area (Å²) in [5.74, 6) is -0.723. The second-order valence-electron chi connectivity index (χ2n) is 9.55. The summed E-state index contributed by atoms with van der Waals surface area (Å²) in [4.78, 5) is 12.1. The van der Waals surface area contributed by atoms with Crippen molar-refractivity contribution >= 4 is 5.97 Å². The fraction of sp³-hybridized carbons (Fsp3) is 0.857. The van der Waals surface area contributed by atoms with E-state index in [-0.39, 0.29) is 35.9 Å². The minimum absolute atomic E-state index is 0.0912. The fourth-order valence-corrected chi connectivity index (χ4v) is 6.23. The van der Waals surface area contributed by atoms with Gasteiger partial charge < -0.3 is 20.1 Å². The zero-order valence-electron chi connectivity index (χ0n) is 16.3. The van der Waals surface area contributed by atoms with E-state index in [1.165, 1.54) is 0 Å². The first-order valence-corrected chi connectivity index (χ1v) is 9.93. The Labute approximate surface area is 156 Å². The van der Waals surface area contributed by atoms with Crippen molar-refractivity contribution in [3.63, 3.8) is 0 Å². The predicted molar refractivity (Wildman–Crippen MR) is 98.6 cm³/mol. The molecule has 3 aliphatic rings. The molecule has 0 radical (unpaired) electrons. The molecule has 3 fully saturated rings. The van der Waals surface area contributed by atoms with Crippen molar-refractivity contribution in [2.75, 3.05) is 13.2 Å². The van der Waals surface area contributed by atoms with E-state index in [4.69, 9.17) is 4.74 Å². The quantitative estimate of drug-likeness (QED) is 0.666. The third kappa shape index (κ3) is 2.83. The third-order valence-electron chi connectivity index (χ3n) is 8.16. The normalized spacial score (nSPS) is 49.0. The molecule has 148 valence electrons. The third-order valence-corrected chi connectivity index (χ3v) is 8.16. The smallest absolute Gasteiger partial charge is 0.309 e. The summed E-state index contributed by atoms with van der Waals surface area (Å²) in [6, 6.07) is 0. The van der Waals surface area contributed by atoms with Crippen LogP contribution in [0, 0.1) is 28.6 Å². The van der Waals surface area contributed by atoms with Gasteiger partial charge in [0.15, 0.2) is 0 Å². The first kappa shape index (κ1) is 19.8. The Kier molecular flexibility index (Phi) is 5.04. The van der Waals surface area contributed by atoms with Gasteiger partial charge >= 0.3 is 5.97 Å². The number of carbonyl (C=O) groups is 1. The lowest BCUT2D eigenvalue weighted by Gasteiger charge is -2.57. The van der Waals surface area contributed by atoms with Gasteiger partial charge in [-0.1, -0.05) is 25.5 Å². The molecule has 3 N–H and O–H groups in total. The molecule has 2 aliphatic carbocycles. The molecule has 5 heteroatoms.